The molecule has 0 atom stereocenters. The molecule has 0 N–H and O–H groups in total. The molecule has 10 heavy (non-hydrogen) atoms. The van der Waals surface area contributed by atoms with Crippen LogP contribution in [0.25, 0.3) is 0 Å². The Morgan fingerprint density at radius 1 is 1.60 bits per heavy atom. The Morgan fingerprint density at radius 3 is 2.80 bits per heavy atom. The van der Waals surface area contributed by atoms with Gasteiger partial charge in [0.25, 0.3) is 0 Å². The van der Waals surface area contributed by atoms with Gasteiger partial charge >= 0.3 is 5.97 Å². The predicted octanol–water partition coefficient (Wildman–Crippen LogP) is 0.695. The minimum Gasteiger partial charge on any atom is -0.466 e. The van der Waals surface area contributed by atoms with Crippen molar-refractivity contribution in [3.05, 3.63) is 12.2 Å². The van der Waals surface area contributed by atoms with Gasteiger partial charge in [0.1, 0.15) is 6.29 Å². The van der Waals surface area contributed by atoms with Gasteiger partial charge in [-0.25, -0.2) is 0 Å². The molecule has 0 spiro atoms. The summed E-state index contributed by atoms with van der Waals surface area (Å²) in [6.07, 6.45) is 3.54. The van der Waals surface area contributed by atoms with Crippen LogP contribution in [0.1, 0.15) is 13.3 Å². The zero-order valence-electron chi connectivity index (χ0n) is 5.87. The summed E-state index contributed by atoms with van der Waals surface area (Å²) in [4.78, 5) is 20.2. The first-order valence-corrected chi connectivity index (χ1v) is 3.07. The molecule has 0 unspecified atom stereocenters. The Morgan fingerprint density at radius 2 is 2.30 bits per heavy atom. The highest BCUT2D eigenvalue weighted by molar-refractivity contribution is 5.73. The average Bonchev–Trinajstić information content (AvgIpc) is 1.89. The highest BCUT2D eigenvalue weighted by atomic mass is 16.5. The second kappa shape index (κ2) is 6.01. The molecule has 0 radical (unpaired) electrons. The molecule has 0 heterocycles. The number of aldehydes is 1. The van der Waals surface area contributed by atoms with E-state index in [0.717, 1.165) is 0 Å². The number of rotatable bonds is 4. The van der Waals surface area contributed by atoms with E-state index in [1.54, 1.807) is 6.92 Å². The summed E-state index contributed by atoms with van der Waals surface area (Å²) in [6, 6.07) is 0. The largest absolute Gasteiger partial charge is 0.466 e. The van der Waals surface area contributed by atoms with E-state index in [2.05, 4.69) is 4.74 Å². The molecule has 0 aliphatic carbocycles. The highest BCUT2D eigenvalue weighted by Crippen LogP contribution is 1.86. The lowest BCUT2D eigenvalue weighted by molar-refractivity contribution is -0.142. The van der Waals surface area contributed by atoms with Gasteiger partial charge < -0.3 is 4.74 Å². The minimum atomic E-state index is -0.305. The lowest BCUT2D eigenvalue weighted by Gasteiger charge is -1.95. The summed E-state index contributed by atoms with van der Waals surface area (Å²) in [5, 5.41) is 0. The van der Waals surface area contributed by atoms with Crippen LogP contribution >= 0.6 is 0 Å². The van der Waals surface area contributed by atoms with Gasteiger partial charge in [0.15, 0.2) is 0 Å². The van der Waals surface area contributed by atoms with Crippen LogP contribution in [-0.2, 0) is 14.3 Å². The first-order valence-electron chi connectivity index (χ1n) is 3.07. The fourth-order valence-electron chi connectivity index (χ4n) is 0.440. The second-order valence-corrected chi connectivity index (χ2v) is 1.57. The molecule has 0 saturated heterocycles. The van der Waals surface area contributed by atoms with Crippen molar-refractivity contribution >= 4 is 12.3 Å². The molecular formula is C7H10O3. The molecule has 3 nitrogen and oxygen atoms in total. The quantitative estimate of drug-likeness (QED) is 0.329. The molecule has 0 saturated carbocycles. The van der Waals surface area contributed by atoms with Crippen molar-refractivity contribution in [2.75, 3.05) is 6.61 Å². The maximum Gasteiger partial charge on any atom is 0.309 e. The number of carbonyl (C=O) groups excluding carboxylic acids is 2. The monoisotopic (exact) mass is 142 g/mol. The Kier molecular flexibility index (Phi) is 5.33. The summed E-state index contributed by atoms with van der Waals surface area (Å²) in [5.74, 6) is -0.305. The van der Waals surface area contributed by atoms with Crippen LogP contribution in [0.4, 0.5) is 0 Å². The number of esters is 1. The molecule has 0 aromatic rings. The number of hydrogen-bond donors (Lipinski definition) is 0. The van der Waals surface area contributed by atoms with Crippen LogP contribution in [0.5, 0.6) is 0 Å². The molecule has 0 aromatic heterocycles. The Hall–Kier alpha value is -1.12. The molecule has 3 heteroatoms. The maximum atomic E-state index is 10.5. The second-order valence-electron chi connectivity index (χ2n) is 1.57. The molecule has 0 rings (SSSR count). The summed E-state index contributed by atoms with van der Waals surface area (Å²) in [7, 11) is 0. The van der Waals surface area contributed by atoms with Crippen LogP contribution in [0.2, 0.25) is 0 Å². The van der Waals surface area contributed by atoms with Crippen molar-refractivity contribution < 1.29 is 14.3 Å². The molecule has 0 amide bonds. The average molecular weight is 142 g/mol. The maximum absolute atomic E-state index is 10.5. The highest BCUT2D eigenvalue weighted by Gasteiger charge is 1.94. The van der Waals surface area contributed by atoms with Crippen molar-refractivity contribution in [3.63, 3.8) is 0 Å². The molecular weight excluding hydrogens is 132 g/mol. The molecule has 56 valence electrons. The Bertz CT molecular complexity index is 138. The standard InChI is InChI=1S/C7H10O3/c1-2-10-7(9)5-3-4-6-8/h3-4,6H,2,5H2,1H3/b4-3-. The first-order chi connectivity index (χ1) is 4.81. The lowest BCUT2D eigenvalue weighted by Crippen LogP contribution is -2.01. The van der Waals surface area contributed by atoms with E-state index in [4.69, 9.17) is 0 Å². The van der Waals surface area contributed by atoms with Gasteiger partial charge in [-0.2, -0.15) is 0 Å². The smallest absolute Gasteiger partial charge is 0.309 e. The normalized spacial score (nSPS) is 9.70. The zero-order valence-corrected chi connectivity index (χ0v) is 5.87. The van der Waals surface area contributed by atoms with Gasteiger partial charge in [-0.15, -0.1) is 0 Å². The number of carbonyl (C=O) groups is 2. The predicted molar refractivity (Wildman–Crippen MR) is 36.5 cm³/mol. The van der Waals surface area contributed by atoms with Gasteiger partial charge in [0, 0.05) is 0 Å². The van der Waals surface area contributed by atoms with Crippen LogP contribution in [-0.4, -0.2) is 18.9 Å². The van der Waals surface area contributed by atoms with Crippen molar-refractivity contribution in [1.29, 1.82) is 0 Å². The summed E-state index contributed by atoms with van der Waals surface area (Å²) in [5.41, 5.74) is 0. The van der Waals surface area contributed by atoms with Gasteiger partial charge in [-0.1, -0.05) is 6.08 Å². The summed E-state index contributed by atoms with van der Waals surface area (Å²) in [6.45, 7) is 2.12. The van der Waals surface area contributed by atoms with E-state index in [9.17, 15) is 9.59 Å². The van der Waals surface area contributed by atoms with Gasteiger partial charge in [-0.3, -0.25) is 9.59 Å². The van der Waals surface area contributed by atoms with Crippen molar-refractivity contribution in [3.8, 4) is 0 Å². The van der Waals surface area contributed by atoms with Crippen molar-refractivity contribution in [2.24, 2.45) is 0 Å². The van der Waals surface area contributed by atoms with E-state index in [1.807, 2.05) is 0 Å². The molecule has 0 aliphatic heterocycles. The third-order valence-corrected chi connectivity index (χ3v) is 0.804. The SMILES string of the molecule is CCOC(=O)C/C=C\C=O. The number of allylic oxidation sites excluding steroid dienone is 1. The number of ether oxygens (including phenoxy) is 1. The Labute approximate surface area is 59.7 Å². The van der Waals surface area contributed by atoms with Crippen LogP contribution in [0.15, 0.2) is 12.2 Å². The summed E-state index contributed by atoms with van der Waals surface area (Å²) >= 11 is 0. The van der Waals surface area contributed by atoms with E-state index in [1.165, 1.54) is 12.2 Å². The molecule has 0 bridgehead atoms. The molecule has 0 aliphatic rings. The fourth-order valence-corrected chi connectivity index (χ4v) is 0.440. The van der Waals surface area contributed by atoms with Crippen LogP contribution < -0.4 is 0 Å². The first kappa shape index (κ1) is 8.88. The van der Waals surface area contributed by atoms with Gasteiger partial charge in [0.05, 0.1) is 13.0 Å². The lowest BCUT2D eigenvalue weighted by atomic mass is 10.4. The molecule has 0 fully saturated rings. The minimum absolute atomic E-state index is 0.173. The van der Waals surface area contributed by atoms with E-state index in [0.29, 0.717) is 12.9 Å². The zero-order chi connectivity index (χ0) is 7.82. The topological polar surface area (TPSA) is 43.4 Å². The Balaban J connectivity index is 3.38. The third-order valence-electron chi connectivity index (χ3n) is 0.804. The van der Waals surface area contributed by atoms with Gasteiger partial charge in [-0.05, 0) is 13.0 Å². The van der Waals surface area contributed by atoms with Crippen LogP contribution in [0, 0.1) is 0 Å². The van der Waals surface area contributed by atoms with E-state index >= 15 is 0 Å². The van der Waals surface area contributed by atoms with E-state index < -0.39 is 0 Å². The van der Waals surface area contributed by atoms with Gasteiger partial charge in [0.2, 0.25) is 0 Å². The van der Waals surface area contributed by atoms with Crippen molar-refractivity contribution in [2.45, 2.75) is 13.3 Å². The molecule has 0 aromatic carbocycles. The van der Waals surface area contributed by atoms with E-state index in [-0.39, 0.29) is 12.4 Å². The number of hydrogen-bond acceptors (Lipinski definition) is 3. The fraction of sp³-hybridized carbons (Fsp3) is 0.429. The van der Waals surface area contributed by atoms with Crippen LogP contribution in [0.3, 0.4) is 0 Å². The van der Waals surface area contributed by atoms with Crippen molar-refractivity contribution in [1.82, 2.24) is 0 Å². The summed E-state index contributed by atoms with van der Waals surface area (Å²) < 4.78 is 4.58. The third kappa shape index (κ3) is 5.03.